The second-order valence-electron chi connectivity index (χ2n) is 4.81. The lowest BCUT2D eigenvalue weighted by Gasteiger charge is -1.98. The van der Waals surface area contributed by atoms with Gasteiger partial charge in [-0.05, 0) is 19.3 Å². The molecule has 0 aromatic carbocycles. The predicted octanol–water partition coefficient (Wildman–Crippen LogP) is 5.44. The highest BCUT2D eigenvalue weighted by atomic mass is 16.1. The first-order chi connectivity index (χ1) is 8.31. The van der Waals surface area contributed by atoms with Crippen LogP contribution in [0.25, 0.3) is 0 Å². The molecule has 1 nitrogen and oxygen atoms in total. The van der Waals surface area contributed by atoms with Gasteiger partial charge in [-0.3, -0.25) is 4.79 Å². The van der Waals surface area contributed by atoms with Crippen LogP contribution in [-0.2, 0) is 4.79 Å². The lowest BCUT2D eigenvalue weighted by atomic mass is 10.1. The van der Waals surface area contributed by atoms with Crippen molar-refractivity contribution in [3.8, 4) is 0 Å². The van der Waals surface area contributed by atoms with Crippen LogP contribution >= 0.6 is 0 Å². The fourth-order valence-electron chi connectivity index (χ4n) is 1.88. The molecule has 0 N–H and O–H groups in total. The number of rotatable bonds is 12. The second kappa shape index (κ2) is 13.5. The van der Waals surface area contributed by atoms with E-state index < -0.39 is 0 Å². The molecule has 0 bridgehead atoms. The summed E-state index contributed by atoms with van der Waals surface area (Å²) < 4.78 is 0. The number of hydrogen-bond acceptors (Lipinski definition) is 1. The molecule has 0 radical (unpaired) electrons. The van der Waals surface area contributed by atoms with E-state index in [1.54, 1.807) is 0 Å². The van der Waals surface area contributed by atoms with E-state index in [1.807, 2.05) is 6.92 Å². The van der Waals surface area contributed by atoms with Gasteiger partial charge in [0.25, 0.3) is 0 Å². The quantitative estimate of drug-likeness (QED) is 0.327. The standard InChI is InChI=1S/C16H30O/c1-3-5-6-7-8-9-10-11-12-13-14-15-16(17)4-2/h12-13H,3-11,14-15H2,1-2H3. The summed E-state index contributed by atoms with van der Waals surface area (Å²) in [6.07, 6.45) is 17.6. The van der Waals surface area contributed by atoms with E-state index in [2.05, 4.69) is 19.1 Å². The maximum Gasteiger partial charge on any atom is 0.132 e. The Bertz CT molecular complexity index is 194. The van der Waals surface area contributed by atoms with Gasteiger partial charge in [0.1, 0.15) is 5.78 Å². The number of carbonyl (C=O) groups is 1. The van der Waals surface area contributed by atoms with E-state index in [4.69, 9.17) is 0 Å². The SMILES string of the molecule is CCCCCCCCCC=CCCC(=O)CC. The Morgan fingerprint density at radius 2 is 1.41 bits per heavy atom. The van der Waals surface area contributed by atoms with Crippen molar-refractivity contribution in [1.29, 1.82) is 0 Å². The molecule has 17 heavy (non-hydrogen) atoms. The lowest BCUT2D eigenvalue weighted by Crippen LogP contribution is -1.92. The van der Waals surface area contributed by atoms with Gasteiger partial charge in [0.05, 0.1) is 0 Å². The van der Waals surface area contributed by atoms with Crippen LogP contribution in [0.1, 0.15) is 84.5 Å². The summed E-state index contributed by atoms with van der Waals surface area (Å²) in [6.45, 7) is 4.19. The van der Waals surface area contributed by atoms with Crippen molar-refractivity contribution in [1.82, 2.24) is 0 Å². The van der Waals surface area contributed by atoms with Crippen LogP contribution in [0, 0.1) is 0 Å². The van der Waals surface area contributed by atoms with Crippen LogP contribution in [0.2, 0.25) is 0 Å². The summed E-state index contributed by atoms with van der Waals surface area (Å²) in [6, 6.07) is 0. The average Bonchev–Trinajstić information content (AvgIpc) is 2.35. The molecule has 0 aliphatic carbocycles. The highest BCUT2D eigenvalue weighted by Crippen LogP contribution is 2.08. The minimum absolute atomic E-state index is 0.380. The van der Waals surface area contributed by atoms with E-state index in [-0.39, 0.29) is 0 Å². The molecular weight excluding hydrogens is 208 g/mol. The first-order valence-electron chi connectivity index (χ1n) is 7.48. The Balaban J connectivity index is 3.11. The highest BCUT2D eigenvalue weighted by Gasteiger charge is 1.94. The number of unbranched alkanes of at least 4 members (excludes halogenated alkanes) is 7. The van der Waals surface area contributed by atoms with Crippen molar-refractivity contribution in [3.63, 3.8) is 0 Å². The number of allylic oxidation sites excluding steroid dienone is 2. The minimum Gasteiger partial charge on any atom is -0.300 e. The maximum absolute atomic E-state index is 11.0. The summed E-state index contributed by atoms with van der Waals surface area (Å²) in [5.41, 5.74) is 0. The average molecular weight is 238 g/mol. The van der Waals surface area contributed by atoms with Crippen molar-refractivity contribution in [2.24, 2.45) is 0 Å². The van der Waals surface area contributed by atoms with Crippen LogP contribution < -0.4 is 0 Å². The van der Waals surface area contributed by atoms with Crippen molar-refractivity contribution in [3.05, 3.63) is 12.2 Å². The molecule has 0 amide bonds. The van der Waals surface area contributed by atoms with Crippen molar-refractivity contribution in [2.75, 3.05) is 0 Å². The molecule has 0 atom stereocenters. The maximum atomic E-state index is 11.0. The second-order valence-corrected chi connectivity index (χ2v) is 4.81. The zero-order valence-corrected chi connectivity index (χ0v) is 11.8. The Morgan fingerprint density at radius 3 is 2.06 bits per heavy atom. The Kier molecular flexibility index (Phi) is 13.0. The highest BCUT2D eigenvalue weighted by molar-refractivity contribution is 5.78. The molecule has 100 valence electrons. The molecule has 0 spiro atoms. The van der Waals surface area contributed by atoms with E-state index in [1.165, 1.54) is 51.4 Å². The molecule has 0 saturated carbocycles. The van der Waals surface area contributed by atoms with Gasteiger partial charge in [-0.15, -0.1) is 0 Å². The molecule has 0 aromatic rings. The first kappa shape index (κ1) is 16.4. The summed E-state index contributed by atoms with van der Waals surface area (Å²) in [5, 5.41) is 0. The normalized spacial score (nSPS) is 11.2. The topological polar surface area (TPSA) is 17.1 Å². The van der Waals surface area contributed by atoms with Gasteiger partial charge in [-0.1, -0.05) is 64.5 Å². The molecular formula is C16H30O. The van der Waals surface area contributed by atoms with Crippen LogP contribution in [0.5, 0.6) is 0 Å². The fraction of sp³-hybridized carbons (Fsp3) is 0.812. The number of Topliss-reactive ketones (excluding diaryl/α,β-unsaturated/α-hetero) is 1. The van der Waals surface area contributed by atoms with Crippen LogP contribution in [-0.4, -0.2) is 5.78 Å². The van der Waals surface area contributed by atoms with E-state index in [0.717, 1.165) is 12.8 Å². The van der Waals surface area contributed by atoms with Crippen LogP contribution in [0.3, 0.4) is 0 Å². The summed E-state index contributed by atoms with van der Waals surface area (Å²) in [4.78, 5) is 11.0. The third kappa shape index (κ3) is 13.3. The fourth-order valence-corrected chi connectivity index (χ4v) is 1.88. The van der Waals surface area contributed by atoms with E-state index in [0.29, 0.717) is 12.2 Å². The van der Waals surface area contributed by atoms with Crippen LogP contribution in [0.15, 0.2) is 12.2 Å². The molecule has 0 saturated heterocycles. The van der Waals surface area contributed by atoms with Crippen molar-refractivity contribution in [2.45, 2.75) is 84.5 Å². The molecule has 0 heterocycles. The predicted molar refractivity (Wildman–Crippen MR) is 76.3 cm³/mol. The van der Waals surface area contributed by atoms with Crippen LogP contribution in [0.4, 0.5) is 0 Å². The Hall–Kier alpha value is -0.590. The van der Waals surface area contributed by atoms with Crippen molar-refractivity contribution >= 4 is 5.78 Å². The zero-order valence-electron chi connectivity index (χ0n) is 11.8. The van der Waals surface area contributed by atoms with Gasteiger partial charge in [0, 0.05) is 12.8 Å². The molecule has 0 unspecified atom stereocenters. The number of carbonyl (C=O) groups excluding carboxylic acids is 1. The van der Waals surface area contributed by atoms with E-state index in [9.17, 15) is 4.79 Å². The van der Waals surface area contributed by atoms with Gasteiger partial charge in [-0.25, -0.2) is 0 Å². The first-order valence-corrected chi connectivity index (χ1v) is 7.48. The summed E-state index contributed by atoms with van der Waals surface area (Å²) in [7, 11) is 0. The van der Waals surface area contributed by atoms with Gasteiger partial charge >= 0.3 is 0 Å². The number of ketones is 1. The monoisotopic (exact) mass is 238 g/mol. The van der Waals surface area contributed by atoms with Gasteiger partial charge in [0.15, 0.2) is 0 Å². The number of hydrogen-bond donors (Lipinski definition) is 0. The third-order valence-electron chi connectivity index (χ3n) is 3.13. The molecule has 0 aliphatic rings. The summed E-state index contributed by atoms with van der Waals surface area (Å²) in [5.74, 6) is 0.380. The lowest BCUT2D eigenvalue weighted by molar-refractivity contribution is -0.118. The van der Waals surface area contributed by atoms with Gasteiger partial charge in [-0.2, -0.15) is 0 Å². The minimum atomic E-state index is 0.380. The smallest absolute Gasteiger partial charge is 0.132 e. The van der Waals surface area contributed by atoms with Crippen molar-refractivity contribution < 1.29 is 4.79 Å². The summed E-state index contributed by atoms with van der Waals surface area (Å²) >= 11 is 0. The molecule has 0 aliphatic heterocycles. The largest absolute Gasteiger partial charge is 0.300 e. The van der Waals surface area contributed by atoms with Gasteiger partial charge in [0.2, 0.25) is 0 Å². The molecule has 0 rings (SSSR count). The third-order valence-corrected chi connectivity index (χ3v) is 3.13. The molecule has 1 heteroatoms. The zero-order chi connectivity index (χ0) is 12.8. The van der Waals surface area contributed by atoms with Gasteiger partial charge < -0.3 is 0 Å². The Morgan fingerprint density at radius 1 is 0.824 bits per heavy atom. The van der Waals surface area contributed by atoms with E-state index >= 15 is 0 Å². The molecule has 0 fully saturated rings. The Labute approximate surface area is 108 Å². The molecule has 0 aromatic heterocycles.